The Hall–Kier alpha value is -1.75. The second-order valence-electron chi connectivity index (χ2n) is 3.65. The van der Waals surface area contributed by atoms with E-state index >= 15 is 0 Å². The van der Waals surface area contributed by atoms with Crippen LogP contribution in [0.5, 0.6) is 11.5 Å². The minimum Gasteiger partial charge on any atom is -0.490 e. The molecule has 1 aromatic carbocycles. The summed E-state index contributed by atoms with van der Waals surface area (Å²) in [5.74, 6) is 0.247. The molecule has 1 aliphatic rings. The minimum atomic E-state index is -1.35. The van der Waals surface area contributed by atoms with Gasteiger partial charge in [0.2, 0.25) is 0 Å². The number of benzene rings is 1. The van der Waals surface area contributed by atoms with E-state index in [1.165, 1.54) is 7.11 Å². The van der Waals surface area contributed by atoms with Crippen LogP contribution < -0.4 is 9.47 Å². The van der Waals surface area contributed by atoms with Crippen molar-refractivity contribution in [2.75, 3.05) is 20.3 Å². The molecule has 1 heterocycles. The smallest absolute Gasteiger partial charge is 0.339 e. The van der Waals surface area contributed by atoms with Crippen LogP contribution in [0.4, 0.5) is 0 Å². The summed E-state index contributed by atoms with van der Waals surface area (Å²) < 4.78 is 15.5. The van der Waals surface area contributed by atoms with Gasteiger partial charge in [0.15, 0.2) is 17.6 Å². The number of methoxy groups -OCH3 is 1. The van der Waals surface area contributed by atoms with Crippen LogP contribution in [0.3, 0.4) is 0 Å². The highest BCUT2D eigenvalue weighted by molar-refractivity contribution is 5.77. The molecule has 0 bridgehead atoms. The lowest BCUT2D eigenvalue weighted by atomic mass is 10.1. The first-order chi connectivity index (χ1) is 8.24. The first kappa shape index (κ1) is 11.7. The predicted octanol–water partition coefficient (Wildman–Crippen LogP) is 1.05. The molecule has 0 amide bonds. The molecular formula is C12H14O5. The van der Waals surface area contributed by atoms with E-state index in [0.717, 1.165) is 6.42 Å². The van der Waals surface area contributed by atoms with Gasteiger partial charge in [-0.05, 0) is 6.07 Å². The number of hydrogen-bond donors (Lipinski definition) is 1. The number of esters is 1. The van der Waals surface area contributed by atoms with Gasteiger partial charge in [0.25, 0.3) is 0 Å². The van der Waals surface area contributed by atoms with Crippen LogP contribution in [0.15, 0.2) is 18.2 Å². The van der Waals surface area contributed by atoms with E-state index in [4.69, 9.17) is 9.47 Å². The number of para-hydroxylation sites is 1. The van der Waals surface area contributed by atoms with Crippen molar-refractivity contribution in [3.63, 3.8) is 0 Å². The second-order valence-corrected chi connectivity index (χ2v) is 3.65. The number of aliphatic hydroxyl groups excluding tert-OH is 1. The van der Waals surface area contributed by atoms with Crippen LogP contribution in [-0.4, -0.2) is 31.4 Å². The molecule has 1 N–H and O–H groups in total. The average Bonchev–Trinajstić information content (AvgIpc) is 2.61. The highest BCUT2D eigenvalue weighted by atomic mass is 16.5. The topological polar surface area (TPSA) is 65.0 Å². The SMILES string of the molecule is COC(=O)C(O)c1cccc2c1OCCCO2. The fraction of sp³-hybridized carbons (Fsp3) is 0.417. The maximum atomic E-state index is 11.3. The fourth-order valence-electron chi connectivity index (χ4n) is 1.67. The predicted molar refractivity (Wildman–Crippen MR) is 59.0 cm³/mol. The molecule has 92 valence electrons. The molecule has 0 fully saturated rings. The number of rotatable bonds is 2. The first-order valence-electron chi connectivity index (χ1n) is 5.38. The van der Waals surface area contributed by atoms with Crippen LogP contribution in [0.1, 0.15) is 18.1 Å². The molecule has 0 radical (unpaired) electrons. The van der Waals surface area contributed by atoms with Crippen molar-refractivity contribution in [2.45, 2.75) is 12.5 Å². The molecule has 0 spiro atoms. The van der Waals surface area contributed by atoms with Gasteiger partial charge in [-0.2, -0.15) is 0 Å². The van der Waals surface area contributed by atoms with Crippen LogP contribution in [0, 0.1) is 0 Å². The highest BCUT2D eigenvalue weighted by Gasteiger charge is 2.25. The maximum Gasteiger partial charge on any atom is 0.339 e. The number of carbonyl (C=O) groups is 1. The van der Waals surface area contributed by atoms with Gasteiger partial charge in [-0.25, -0.2) is 4.79 Å². The van der Waals surface area contributed by atoms with E-state index in [9.17, 15) is 9.90 Å². The van der Waals surface area contributed by atoms with Crippen molar-refractivity contribution in [3.8, 4) is 11.5 Å². The van der Waals surface area contributed by atoms with E-state index < -0.39 is 12.1 Å². The largest absolute Gasteiger partial charge is 0.490 e. The molecule has 0 aliphatic carbocycles. The lowest BCUT2D eigenvalue weighted by Gasteiger charge is -2.15. The van der Waals surface area contributed by atoms with E-state index in [0.29, 0.717) is 30.3 Å². The second kappa shape index (κ2) is 5.05. The number of carbonyl (C=O) groups excluding carboxylic acids is 1. The lowest BCUT2D eigenvalue weighted by Crippen LogP contribution is -2.14. The van der Waals surface area contributed by atoms with Crippen molar-refractivity contribution in [3.05, 3.63) is 23.8 Å². The van der Waals surface area contributed by atoms with E-state index in [1.807, 2.05) is 0 Å². The zero-order chi connectivity index (χ0) is 12.3. The van der Waals surface area contributed by atoms with E-state index in [1.54, 1.807) is 18.2 Å². The summed E-state index contributed by atoms with van der Waals surface area (Å²) in [4.78, 5) is 11.3. The summed E-state index contributed by atoms with van der Waals surface area (Å²) in [5, 5.41) is 9.83. The van der Waals surface area contributed by atoms with Crippen molar-refractivity contribution in [1.29, 1.82) is 0 Å². The first-order valence-corrected chi connectivity index (χ1v) is 5.38. The van der Waals surface area contributed by atoms with E-state index in [-0.39, 0.29) is 0 Å². The molecule has 1 aliphatic heterocycles. The summed E-state index contributed by atoms with van der Waals surface area (Å²) >= 11 is 0. The van der Waals surface area contributed by atoms with Crippen LogP contribution in [0.2, 0.25) is 0 Å². The Morgan fingerprint density at radius 2 is 2.18 bits per heavy atom. The molecule has 1 unspecified atom stereocenters. The number of fused-ring (bicyclic) bond motifs is 1. The monoisotopic (exact) mass is 238 g/mol. The van der Waals surface area contributed by atoms with Crippen LogP contribution >= 0.6 is 0 Å². The van der Waals surface area contributed by atoms with Crippen LogP contribution in [0.25, 0.3) is 0 Å². The Bertz CT molecular complexity index is 415. The number of aliphatic hydroxyl groups is 1. The molecule has 0 saturated carbocycles. The summed E-state index contributed by atoms with van der Waals surface area (Å²) in [6.07, 6.45) is -0.584. The molecule has 17 heavy (non-hydrogen) atoms. The summed E-state index contributed by atoms with van der Waals surface area (Å²) in [6.45, 7) is 1.06. The maximum absolute atomic E-state index is 11.3. The third kappa shape index (κ3) is 2.34. The molecule has 5 nitrogen and oxygen atoms in total. The molecule has 1 atom stereocenters. The number of ether oxygens (including phenoxy) is 3. The number of hydrogen-bond acceptors (Lipinski definition) is 5. The molecule has 5 heteroatoms. The molecule has 1 aromatic rings. The zero-order valence-corrected chi connectivity index (χ0v) is 9.51. The standard InChI is InChI=1S/C12H14O5/c1-15-12(14)10(13)8-4-2-5-9-11(8)17-7-3-6-16-9/h2,4-5,10,13H,3,6-7H2,1H3. The fourth-order valence-corrected chi connectivity index (χ4v) is 1.67. The third-order valence-electron chi connectivity index (χ3n) is 2.52. The normalized spacial score (nSPS) is 15.9. The minimum absolute atomic E-state index is 0.372. The van der Waals surface area contributed by atoms with Gasteiger partial charge in [-0.1, -0.05) is 12.1 Å². The van der Waals surface area contributed by atoms with Gasteiger partial charge in [0, 0.05) is 12.0 Å². The van der Waals surface area contributed by atoms with Crippen molar-refractivity contribution in [2.24, 2.45) is 0 Å². The van der Waals surface area contributed by atoms with Crippen molar-refractivity contribution >= 4 is 5.97 Å². The lowest BCUT2D eigenvalue weighted by molar-refractivity contribution is -0.150. The Balaban J connectivity index is 2.37. The highest BCUT2D eigenvalue weighted by Crippen LogP contribution is 2.36. The van der Waals surface area contributed by atoms with Crippen molar-refractivity contribution in [1.82, 2.24) is 0 Å². The van der Waals surface area contributed by atoms with E-state index in [2.05, 4.69) is 4.74 Å². The van der Waals surface area contributed by atoms with Crippen LogP contribution in [-0.2, 0) is 9.53 Å². The molecule has 0 saturated heterocycles. The zero-order valence-electron chi connectivity index (χ0n) is 9.51. The molecular weight excluding hydrogens is 224 g/mol. The quantitative estimate of drug-likeness (QED) is 0.780. The third-order valence-corrected chi connectivity index (χ3v) is 2.52. The summed E-state index contributed by atoms with van der Waals surface area (Å²) in [5.41, 5.74) is 0.372. The Kier molecular flexibility index (Phi) is 3.49. The van der Waals surface area contributed by atoms with Gasteiger partial charge in [-0.15, -0.1) is 0 Å². The summed E-state index contributed by atoms with van der Waals surface area (Å²) in [7, 11) is 1.23. The Morgan fingerprint density at radius 1 is 1.41 bits per heavy atom. The Labute approximate surface area is 98.9 Å². The summed E-state index contributed by atoms with van der Waals surface area (Å²) in [6, 6.07) is 5.07. The van der Waals surface area contributed by atoms with Gasteiger partial charge in [0.1, 0.15) is 0 Å². The Morgan fingerprint density at radius 3 is 2.94 bits per heavy atom. The van der Waals surface area contributed by atoms with Gasteiger partial charge in [0.05, 0.1) is 20.3 Å². The molecule has 0 aromatic heterocycles. The van der Waals surface area contributed by atoms with Gasteiger partial charge in [-0.3, -0.25) is 0 Å². The average molecular weight is 238 g/mol. The molecule has 2 rings (SSSR count). The van der Waals surface area contributed by atoms with Crippen molar-refractivity contribution < 1.29 is 24.1 Å². The van der Waals surface area contributed by atoms with Gasteiger partial charge < -0.3 is 19.3 Å². The van der Waals surface area contributed by atoms with Gasteiger partial charge >= 0.3 is 5.97 Å².